The zero-order chi connectivity index (χ0) is 25.9. The van der Waals surface area contributed by atoms with E-state index in [1.807, 2.05) is 20.8 Å². The summed E-state index contributed by atoms with van der Waals surface area (Å²) in [6.45, 7) is 6.45. The van der Waals surface area contributed by atoms with Crippen LogP contribution in [0.5, 0.6) is 17.2 Å². The molecule has 2 aromatic heterocycles. The molecule has 0 saturated heterocycles. The molecule has 1 N–H and O–H groups in total. The van der Waals surface area contributed by atoms with Crippen LogP contribution in [-0.2, 0) is 27.9 Å². The number of hydrogen-bond donors (Lipinski definition) is 1. The second kappa shape index (κ2) is 10.4. The number of nitrogens with zero attached hydrogens (tertiary/aromatic N) is 2. The normalized spacial score (nSPS) is 14.0. The van der Waals surface area contributed by atoms with Gasteiger partial charge in [-0.15, -0.1) is 11.3 Å². The largest absolute Gasteiger partial charge is 0.482 e. The highest BCUT2D eigenvalue weighted by atomic mass is 32.1. The minimum absolute atomic E-state index is 0.0674. The van der Waals surface area contributed by atoms with Crippen molar-refractivity contribution in [3.8, 4) is 17.2 Å². The number of aromatic nitrogens is 1. The van der Waals surface area contributed by atoms with Crippen molar-refractivity contribution in [1.82, 2.24) is 15.2 Å². The summed E-state index contributed by atoms with van der Waals surface area (Å²) in [5.74, 6) is -1.07. The molecule has 188 valence electrons. The third-order valence-electron chi connectivity index (χ3n) is 5.44. The SMILES string of the molecule is CC(C)(C)OC(=O)N1CCc2sc(C(=O)NCC(Oc3cccnc3)c3ccc([O])c([O])c3)cc2C1. The maximum atomic E-state index is 13.0. The summed E-state index contributed by atoms with van der Waals surface area (Å²) >= 11 is 1.39. The van der Waals surface area contributed by atoms with Gasteiger partial charge >= 0.3 is 6.09 Å². The van der Waals surface area contributed by atoms with Gasteiger partial charge in [-0.2, -0.15) is 0 Å². The van der Waals surface area contributed by atoms with E-state index in [2.05, 4.69) is 10.3 Å². The molecule has 2 radical (unpaired) electrons. The first-order valence-corrected chi connectivity index (χ1v) is 12.3. The van der Waals surface area contributed by atoms with Crippen molar-refractivity contribution in [3.05, 3.63) is 69.7 Å². The fourth-order valence-electron chi connectivity index (χ4n) is 3.73. The molecule has 1 aliphatic rings. The Labute approximate surface area is 213 Å². The van der Waals surface area contributed by atoms with Crippen LogP contribution in [0.3, 0.4) is 0 Å². The molecule has 0 fully saturated rings. The molecule has 1 atom stereocenters. The van der Waals surface area contributed by atoms with Gasteiger partial charge in [-0.05, 0) is 68.7 Å². The van der Waals surface area contributed by atoms with E-state index in [4.69, 9.17) is 9.47 Å². The Morgan fingerprint density at radius 2 is 1.97 bits per heavy atom. The topological polar surface area (TPSA) is 121 Å². The minimum atomic E-state index is -0.705. The molecule has 2 amide bonds. The zero-order valence-electron chi connectivity index (χ0n) is 20.3. The Balaban J connectivity index is 1.44. The monoisotopic (exact) mass is 509 g/mol. The fraction of sp³-hybridized carbons (Fsp3) is 0.346. The quantitative estimate of drug-likeness (QED) is 0.485. The smallest absolute Gasteiger partial charge is 0.410 e. The standard InChI is InChI=1S/C26H27N3O6S/c1-26(2,3)35-25(33)29-10-8-22-17(15-29)12-23(36-22)24(32)28-14-21(34-18-5-4-9-27-13-18)16-6-7-19(30)20(31)11-16/h4-7,9,11-13,21H,8,10,14-15H2,1-3H3,(H,28,32). The number of hydrogen-bond acceptors (Lipinski definition) is 6. The molecule has 36 heavy (non-hydrogen) atoms. The van der Waals surface area contributed by atoms with Gasteiger partial charge in [-0.1, -0.05) is 6.07 Å². The van der Waals surface area contributed by atoms with Gasteiger partial charge in [0.15, 0.2) is 0 Å². The second-order valence-electron chi connectivity index (χ2n) is 9.42. The maximum Gasteiger partial charge on any atom is 0.410 e. The first-order chi connectivity index (χ1) is 17.1. The fourth-order valence-corrected chi connectivity index (χ4v) is 4.81. The molecule has 3 aromatic rings. The number of amides is 2. The van der Waals surface area contributed by atoms with Crippen molar-refractivity contribution in [2.45, 2.75) is 45.4 Å². The second-order valence-corrected chi connectivity index (χ2v) is 10.6. The number of thiophene rings is 1. The zero-order valence-corrected chi connectivity index (χ0v) is 21.1. The number of carbonyl (C=O) groups is 2. The van der Waals surface area contributed by atoms with E-state index in [-0.39, 0.29) is 18.5 Å². The lowest BCUT2D eigenvalue weighted by Gasteiger charge is -2.29. The van der Waals surface area contributed by atoms with E-state index in [0.717, 1.165) is 10.4 Å². The Hall–Kier alpha value is -3.79. The van der Waals surface area contributed by atoms with Gasteiger partial charge in [0.05, 0.1) is 24.2 Å². The average Bonchev–Trinajstić information content (AvgIpc) is 3.26. The summed E-state index contributed by atoms with van der Waals surface area (Å²) < 4.78 is 11.4. The summed E-state index contributed by atoms with van der Waals surface area (Å²) in [5, 5.41) is 26.4. The van der Waals surface area contributed by atoms with Gasteiger partial charge in [-0.3, -0.25) is 20.0 Å². The van der Waals surface area contributed by atoms with Crippen LogP contribution in [-0.4, -0.2) is 40.6 Å². The third-order valence-corrected chi connectivity index (χ3v) is 6.68. The maximum absolute atomic E-state index is 13.0. The molecule has 4 rings (SSSR count). The number of nitrogens with one attached hydrogen (secondary N) is 1. The minimum Gasteiger partial charge on any atom is -0.482 e. The lowest BCUT2D eigenvalue weighted by molar-refractivity contribution is 0.0225. The van der Waals surface area contributed by atoms with Crippen LogP contribution >= 0.6 is 11.3 Å². The van der Waals surface area contributed by atoms with Crippen molar-refractivity contribution in [2.75, 3.05) is 13.1 Å². The Morgan fingerprint density at radius 3 is 2.67 bits per heavy atom. The van der Waals surface area contributed by atoms with E-state index < -0.39 is 23.2 Å². The molecule has 0 spiro atoms. The summed E-state index contributed by atoms with van der Waals surface area (Å²) in [4.78, 5) is 32.7. The summed E-state index contributed by atoms with van der Waals surface area (Å²) in [7, 11) is 0. The Morgan fingerprint density at radius 1 is 1.17 bits per heavy atom. The van der Waals surface area contributed by atoms with E-state index in [9.17, 15) is 19.8 Å². The molecular formula is C26H27N3O6S. The molecule has 0 aliphatic carbocycles. The molecule has 1 aliphatic heterocycles. The van der Waals surface area contributed by atoms with Gasteiger partial charge in [-0.25, -0.2) is 4.79 Å². The highest BCUT2D eigenvalue weighted by molar-refractivity contribution is 7.14. The van der Waals surface area contributed by atoms with E-state index in [1.165, 1.54) is 35.7 Å². The predicted molar refractivity (Wildman–Crippen MR) is 131 cm³/mol. The van der Waals surface area contributed by atoms with Gasteiger partial charge in [0.2, 0.25) is 11.5 Å². The van der Waals surface area contributed by atoms with Crippen molar-refractivity contribution in [2.24, 2.45) is 0 Å². The molecule has 9 nitrogen and oxygen atoms in total. The Kier molecular flexibility index (Phi) is 7.35. The van der Waals surface area contributed by atoms with Crippen LogP contribution in [0.25, 0.3) is 0 Å². The van der Waals surface area contributed by atoms with Crippen molar-refractivity contribution >= 4 is 23.3 Å². The molecule has 3 heterocycles. The molecule has 10 heteroatoms. The number of fused-ring (bicyclic) bond motifs is 1. The molecular weight excluding hydrogens is 482 g/mol. The van der Waals surface area contributed by atoms with Crippen molar-refractivity contribution in [3.63, 3.8) is 0 Å². The van der Waals surface area contributed by atoms with Crippen molar-refractivity contribution < 1.29 is 29.3 Å². The van der Waals surface area contributed by atoms with Crippen LogP contribution in [0.1, 0.15) is 52.6 Å². The van der Waals surface area contributed by atoms with Crippen LogP contribution in [0.4, 0.5) is 4.79 Å². The third kappa shape index (κ3) is 6.25. The van der Waals surface area contributed by atoms with Gasteiger partial charge in [0.1, 0.15) is 17.5 Å². The van der Waals surface area contributed by atoms with Crippen LogP contribution < -0.4 is 10.1 Å². The first-order valence-electron chi connectivity index (χ1n) is 11.5. The lowest BCUT2D eigenvalue weighted by atomic mass is 10.1. The van der Waals surface area contributed by atoms with Crippen LogP contribution in [0, 0.1) is 0 Å². The van der Waals surface area contributed by atoms with Gasteiger partial charge < -0.3 is 19.7 Å². The van der Waals surface area contributed by atoms with Crippen LogP contribution in [0.2, 0.25) is 0 Å². The molecule has 0 bridgehead atoms. The molecule has 1 aromatic carbocycles. The molecule has 1 unspecified atom stereocenters. The van der Waals surface area contributed by atoms with Crippen LogP contribution in [0.15, 0.2) is 48.8 Å². The van der Waals surface area contributed by atoms with E-state index in [1.54, 1.807) is 29.3 Å². The molecule has 0 saturated carbocycles. The van der Waals surface area contributed by atoms with Crippen molar-refractivity contribution in [1.29, 1.82) is 0 Å². The summed E-state index contributed by atoms with van der Waals surface area (Å²) in [5.41, 5.74) is 0.821. The first kappa shape index (κ1) is 25.3. The van der Waals surface area contributed by atoms with Gasteiger partial charge in [0, 0.05) is 17.6 Å². The van der Waals surface area contributed by atoms with E-state index >= 15 is 0 Å². The average molecular weight is 510 g/mol. The predicted octanol–water partition coefficient (Wildman–Crippen LogP) is 5.27. The summed E-state index contributed by atoms with van der Waals surface area (Å²) in [6.07, 6.45) is 2.70. The highest BCUT2D eigenvalue weighted by Gasteiger charge is 2.28. The lowest BCUT2D eigenvalue weighted by Crippen LogP contribution is -2.39. The van der Waals surface area contributed by atoms with Gasteiger partial charge in [0.25, 0.3) is 5.91 Å². The Bertz CT molecular complexity index is 1240. The van der Waals surface area contributed by atoms with E-state index in [0.29, 0.717) is 35.7 Å². The number of benzene rings is 1. The number of ether oxygens (including phenoxy) is 2. The number of rotatable bonds is 6. The number of pyridine rings is 1. The highest BCUT2D eigenvalue weighted by Crippen LogP contribution is 2.32. The number of carbonyl (C=O) groups excluding carboxylic acids is 2. The summed E-state index contributed by atoms with van der Waals surface area (Å²) in [6, 6.07) is 9.16.